The van der Waals surface area contributed by atoms with Gasteiger partial charge >= 0.3 is 0 Å². The third-order valence-corrected chi connectivity index (χ3v) is 4.77. The van der Waals surface area contributed by atoms with Crippen molar-refractivity contribution in [2.24, 2.45) is 0 Å². The number of anilines is 1. The van der Waals surface area contributed by atoms with Crippen molar-refractivity contribution in [1.29, 1.82) is 0 Å². The average molecular weight is 414 g/mol. The molecule has 1 aliphatic heterocycles. The zero-order valence-corrected chi connectivity index (χ0v) is 16.4. The van der Waals surface area contributed by atoms with E-state index in [1.54, 1.807) is 18.3 Å². The standard InChI is InChI=1S/C23H18N4O4/c28-20(26-17-7-4-10-24-12-17)13-25-21(29)16-8-9-18-19(11-16)23(31)27(22(18)30)14-15-5-2-1-3-6-15/h1-12H,13-14H2,(H,25,29)(H,26,28). The van der Waals surface area contributed by atoms with Crippen LogP contribution in [0.15, 0.2) is 73.1 Å². The molecule has 0 saturated heterocycles. The fourth-order valence-corrected chi connectivity index (χ4v) is 3.25. The molecule has 2 heterocycles. The lowest BCUT2D eigenvalue weighted by Crippen LogP contribution is -2.33. The Labute approximate surface area is 177 Å². The number of pyridine rings is 1. The Morgan fingerprint density at radius 2 is 1.68 bits per heavy atom. The van der Waals surface area contributed by atoms with Gasteiger partial charge in [0, 0.05) is 11.8 Å². The molecule has 1 aliphatic rings. The first-order chi connectivity index (χ1) is 15.0. The highest BCUT2D eigenvalue weighted by Gasteiger charge is 2.36. The molecule has 154 valence electrons. The van der Waals surface area contributed by atoms with E-state index in [9.17, 15) is 19.2 Å². The Bertz CT molecular complexity index is 1160. The largest absolute Gasteiger partial charge is 0.343 e. The lowest BCUT2D eigenvalue weighted by atomic mass is 10.1. The predicted octanol–water partition coefficient (Wildman–Crippen LogP) is 2.25. The third-order valence-electron chi connectivity index (χ3n) is 4.77. The summed E-state index contributed by atoms with van der Waals surface area (Å²) < 4.78 is 0. The first kappa shape index (κ1) is 20.0. The molecule has 0 aliphatic carbocycles. The van der Waals surface area contributed by atoms with E-state index in [-0.39, 0.29) is 29.8 Å². The van der Waals surface area contributed by atoms with Gasteiger partial charge in [0.25, 0.3) is 17.7 Å². The molecule has 4 amide bonds. The van der Waals surface area contributed by atoms with E-state index in [0.29, 0.717) is 5.69 Å². The van der Waals surface area contributed by atoms with Gasteiger partial charge in [-0.05, 0) is 35.9 Å². The van der Waals surface area contributed by atoms with Crippen LogP contribution in [0.1, 0.15) is 36.6 Å². The molecule has 2 aromatic carbocycles. The van der Waals surface area contributed by atoms with E-state index >= 15 is 0 Å². The van der Waals surface area contributed by atoms with Gasteiger partial charge in [0.05, 0.1) is 36.1 Å². The van der Waals surface area contributed by atoms with Crippen LogP contribution in [0.5, 0.6) is 0 Å². The number of nitrogens with zero attached hydrogens (tertiary/aromatic N) is 2. The maximum atomic E-state index is 12.8. The summed E-state index contributed by atoms with van der Waals surface area (Å²) in [6, 6.07) is 16.9. The van der Waals surface area contributed by atoms with Crippen molar-refractivity contribution in [3.05, 3.63) is 95.3 Å². The summed E-state index contributed by atoms with van der Waals surface area (Å²) in [5.74, 6) is -1.78. The second-order valence-corrected chi connectivity index (χ2v) is 6.91. The Hall–Kier alpha value is -4.33. The average Bonchev–Trinajstić information content (AvgIpc) is 3.03. The number of aromatic nitrogens is 1. The van der Waals surface area contributed by atoms with E-state index < -0.39 is 23.6 Å². The lowest BCUT2D eigenvalue weighted by Gasteiger charge is -2.13. The van der Waals surface area contributed by atoms with E-state index in [1.165, 1.54) is 24.4 Å². The van der Waals surface area contributed by atoms with Gasteiger partial charge in [-0.3, -0.25) is 29.1 Å². The van der Waals surface area contributed by atoms with Crippen LogP contribution in [0.4, 0.5) is 5.69 Å². The summed E-state index contributed by atoms with van der Waals surface area (Å²) in [6.07, 6.45) is 3.07. The van der Waals surface area contributed by atoms with E-state index in [1.807, 2.05) is 30.3 Å². The quantitative estimate of drug-likeness (QED) is 0.602. The number of rotatable bonds is 6. The molecule has 0 spiro atoms. The summed E-state index contributed by atoms with van der Waals surface area (Å²) in [5, 5.41) is 5.12. The summed E-state index contributed by atoms with van der Waals surface area (Å²) in [7, 11) is 0. The number of carbonyl (C=O) groups excluding carboxylic acids is 4. The molecule has 0 bridgehead atoms. The van der Waals surface area contributed by atoms with Crippen molar-refractivity contribution in [1.82, 2.24) is 15.2 Å². The molecule has 8 nitrogen and oxygen atoms in total. The molecule has 0 saturated carbocycles. The minimum atomic E-state index is -0.522. The molecule has 31 heavy (non-hydrogen) atoms. The first-order valence-corrected chi connectivity index (χ1v) is 9.55. The maximum Gasteiger partial charge on any atom is 0.261 e. The van der Waals surface area contributed by atoms with Gasteiger partial charge < -0.3 is 10.6 Å². The zero-order chi connectivity index (χ0) is 21.8. The summed E-state index contributed by atoms with van der Waals surface area (Å²) in [5.41, 5.74) is 1.97. The van der Waals surface area contributed by atoms with Gasteiger partial charge in [-0.1, -0.05) is 30.3 Å². The zero-order valence-electron chi connectivity index (χ0n) is 16.4. The number of hydrogen-bond acceptors (Lipinski definition) is 5. The molecule has 8 heteroatoms. The fourth-order valence-electron chi connectivity index (χ4n) is 3.25. The number of imide groups is 1. The summed E-state index contributed by atoms with van der Waals surface area (Å²) >= 11 is 0. The molecule has 3 aromatic rings. The van der Waals surface area contributed by atoms with Crippen molar-refractivity contribution in [2.45, 2.75) is 6.54 Å². The summed E-state index contributed by atoms with van der Waals surface area (Å²) in [6.45, 7) is -0.0962. The van der Waals surface area contributed by atoms with Crippen LogP contribution >= 0.6 is 0 Å². The smallest absolute Gasteiger partial charge is 0.261 e. The van der Waals surface area contributed by atoms with E-state index in [0.717, 1.165) is 10.5 Å². The molecule has 2 N–H and O–H groups in total. The fraction of sp³-hybridized carbons (Fsp3) is 0.0870. The van der Waals surface area contributed by atoms with Gasteiger partial charge in [-0.15, -0.1) is 0 Å². The number of amides is 4. The van der Waals surface area contributed by atoms with Gasteiger partial charge in [0.1, 0.15) is 0 Å². The number of carbonyl (C=O) groups is 4. The molecule has 0 atom stereocenters. The Morgan fingerprint density at radius 3 is 2.42 bits per heavy atom. The second-order valence-electron chi connectivity index (χ2n) is 6.91. The molecule has 1 aromatic heterocycles. The number of fused-ring (bicyclic) bond motifs is 1. The van der Waals surface area contributed by atoms with Crippen LogP contribution in [0.3, 0.4) is 0 Å². The highest BCUT2D eigenvalue weighted by atomic mass is 16.2. The topological polar surface area (TPSA) is 108 Å². The normalized spacial score (nSPS) is 12.5. The van der Waals surface area contributed by atoms with Gasteiger partial charge in [-0.2, -0.15) is 0 Å². The van der Waals surface area contributed by atoms with E-state index in [4.69, 9.17) is 0 Å². The molecule has 4 rings (SSSR count). The maximum absolute atomic E-state index is 12.8. The Kier molecular flexibility index (Phi) is 5.53. The second kappa shape index (κ2) is 8.58. The van der Waals surface area contributed by atoms with Crippen molar-refractivity contribution < 1.29 is 19.2 Å². The highest BCUT2D eigenvalue weighted by molar-refractivity contribution is 6.22. The molecule has 0 unspecified atom stereocenters. The van der Waals surface area contributed by atoms with Crippen molar-refractivity contribution in [3.63, 3.8) is 0 Å². The molecular weight excluding hydrogens is 396 g/mol. The van der Waals surface area contributed by atoms with Crippen LogP contribution in [0.25, 0.3) is 0 Å². The van der Waals surface area contributed by atoms with Gasteiger partial charge in [-0.25, -0.2) is 0 Å². The molecule has 0 fully saturated rings. The molecule has 0 radical (unpaired) electrons. The van der Waals surface area contributed by atoms with Crippen molar-refractivity contribution in [2.75, 3.05) is 11.9 Å². The third kappa shape index (κ3) is 4.32. The van der Waals surface area contributed by atoms with E-state index in [2.05, 4.69) is 15.6 Å². The molecular formula is C23H18N4O4. The SMILES string of the molecule is O=C(CNC(=O)c1ccc2c(c1)C(=O)N(Cc1ccccc1)C2=O)Nc1cccnc1. The first-order valence-electron chi connectivity index (χ1n) is 9.55. The van der Waals surface area contributed by atoms with Crippen LogP contribution in [0.2, 0.25) is 0 Å². The van der Waals surface area contributed by atoms with Crippen LogP contribution in [-0.4, -0.2) is 40.1 Å². The van der Waals surface area contributed by atoms with Crippen LogP contribution in [-0.2, 0) is 11.3 Å². The highest BCUT2D eigenvalue weighted by Crippen LogP contribution is 2.25. The van der Waals surface area contributed by atoms with Crippen LogP contribution in [0, 0.1) is 0 Å². The van der Waals surface area contributed by atoms with Crippen LogP contribution < -0.4 is 10.6 Å². The summed E-state index contributed by atoms with van der Waals surface area (Å²) in [4.78, 5) is 54.9. The number of benzene rings is 2. The van der Waals surface area contributed by atoms with Crippen molar-refractivity contribution in [3.8, 4) is 0 Å². The lowest BCUT2D eigenvalue weighted by molar-refractivity contribution is -0.115. The minimum Gasteiger partial charge on any atom is -0.343 e. The number of nitrogens with one attached hydrogen (secondary N) is 2. The van der Waals surface area contributed by atoms with Crippen molar-refractivity contribution >= 4 is 29.3 Å². The Morgan fingerprint density at radius 1 is 0.903 bits per heavy atom. The minimum absolute atomic E-state index is 0.156. The monoisotopic (exact) mass is 414 g/mol. The Balaban J connectivity index is 1.42. The van der Waals surface area contributed by atoms with Gasteiger partial charge in [0.15, 0.2) is 0 Å². The number of hydrogen-bond donors (Lipinski definition) is 2. The predicted molar refractivity (Wildman–Crippen MR) is 112 cm³/mol. The van der Waals surface area contributed by atoms with Gasteiger partial charge in [0.2, 0.25) is 5.91 Å².